The van der Waals surface area contributed by atoms with Gasteiger partial charge in [0.25, 0.3) is 5.91 Å². The number of thiophene rings is 1. The van der Waals surface area contributed by atoms with Gasteiger partial charge in [0.1, 0.15) is 0 Å². The lowest BCUT2D eigenvalue weighted by Crippen LogP contribution is -2.31. The van der Waals surface area contributed by atoms with Crippen molar-refractivity contribution in [1.82, 2.24) is 4.90 Å². The molecule has 5 nitrogen and oxygen atoms in total. The molecule has 0 radical (unpaired) electrons. The van der Waals surface area contributed by atoms with Crippen molar-refractivity contribution in [3.05, 3.63) is 29.1 Å². The van der Waals surface area contributed by atoms with Crippen LogP contribution in [-0.4, -0.2) is 45.2 Å². The average Bonchev–Trinajstić information content (AvgIpc) is 3.15. The summed E-state index contributed by atoms with van der Waals surface area (Å²) in [7, 11) is 4.78. The molecule has 1 aromatic heterocycles. The highest BCUT2D eigenvalue weighted by Gasteiger charge is 2.21. The van der Waals surface area contributed by atoms with E-state index in [0.717, 1.165) is 41.2 Å². The Bertz CT molecular complexity index is 735. The van der Waals surface area contributed by atoms with E-state index in [4.69, 9.17) is 14.2 Å². The van der Waals surface area contributed by atoms with Gasteiger partial charge < -0.3 is 19.1 Å². The van der Waals surface area contributed by atoms with Gasteiger partial charge >= 0.3 is 0 Å². The van der Waals surface area contributed by atoms with E-state index in [1.807, 2.05) is 29.2 Å². The van der Waals surface area contributed by atoms with Crippen LogP contribution in [0.1, 0.15) is 36.4 Å². The Labute approximate surface area is 159 Å². The van der Waals surface area contributed by atoms with Crippen LogP contribution in [0.25, 0.3) is 10.4 Å². The number of hydrogen-bond acceptors (Lipinski definition) is 5. The summed E-state index contributed by atoms with van der Waals surface area (Å²) >= 11 is 1.47. The van der Waals surface area contributed by atoms with Crippen molar-refractivity contribution in [2.75, 3.05) is 34.4 Å². The lowest BCUT2D eigenvalue weighted by atomic mass is 10.1. The number of methoxy groups -OCH3 is 3. The Balaban J connectivity index is 2.39. The maximum atomic E-state index is 12.8. The Kier molecular flexibility index (Phi) is 7.33. The van der Waals surface area contributed by atoms with Crippen LogP contribution >= 0.6 is 11.3 Å². The van der Waals surface area contributed by atoms with E-state index in [2.05, 4.69) is 13.8 Å². The van der Waals surface area contributed by atoms with Crippen LogP contribution < -0.4 is 14.2 Å². The SMILES string of the molecule is CCCN(CCC)C(=O)c1ccc(-c2ccc(OC)c(OC)c2OC)s1. The molecule has 2 aromatic rings. The van der Waals surface area contributed by atoms with Crippen molar-refractivity contribution in [3.63, 3.8) is 0 Å². The number of rotatable bonds is 9. The van der Waals surface area contributed by atoms with E-state index in [1.165, 1.54) is 11.3 Å². The molecule has 0 fully saturated rings. The first-order valence-electron chi connectivity index (χ1n) is 8.79. The summed E-state index contributed by atoms with van der Waals surface area (Å²) in [5.74, 6) is 1.85. The summed E-state index contributed by atoms with van der Waals surface area (Å²) < 4.78 is 16.4. The predicted molar refractivity (Wildman–Crippen MR) is 106 cm³/mol. The average molecular weight is 378 g/mol. The van der Waals surface area contributed by atoms with Crippen molar-refractivity contribution in [1.29, 1.82) is 0 Å². The van der Waals surface area contributed by atoms with Gasteiger partial charge in [0, 0.05) is 23.5 Å². The second-order valence-electron chi connectivity index (χ2n) is 5.84. The van der Waals surface area contributed by atoms with Crippen LogP contribution in [0.2, 0.25) is 0 Å². The molecule has 0 aliphatic heterocycles. The summed E-state index contributed by atoms with van der Waals surface area (Å²) in [6, 6.07) is 7.61. The Morgan fingerprint density at radius 2 is 1.58 bits per heavy atom. The largest absolute Gasteiger partial charge is 0.493 e. The maximum absolute atomic E-state index is 12.8. The van der Waals surface area contributed by atoms with E-state index in [9.17, 15) is 4.79 Å². The summed E-state index contributed by atoms with van der Waals surface area (Å²) in [5, 5.41) is 0. The minimum absolute atomic E-state index is 0.0874. The van der Waals surface area contributed by atoms with Crippen molar-refractivity contribution < 1.29 is 19.0 Å². The van der Waals surface area contributed by atoms with Crippen LogP contribution in [-0.2, 0) is 0 Å². The summed E-state index contributed by atoms with van der Waals surface area (Å²) in [4.78, 5) is 16.4. The standard InChI is InChI=1S/C20H27NO4S/c1-6-12-21(13-7-2)20(22)17-11-10-16(26-17)14-8-9-15(23-3)19(25-5)18(14)24-4/h8-11H,6-7,12-13H2,1-5H3. The molecule has 0 saturated carbocycles. The van der Waals surface area contributed by atoms with E-state index in [0.29, 0.717) is 17.2 Å². The zero-order chi connectivity index (χ0) is 19.1. The summed E-state index contributed by atoms with van der Waals surface area (Å²) in [6.45, 7) is 5.73. The smallest absolute Gasteiger partial charge is 0.263 e. The molecule has 0 aliphatic carbocycles. The molecular formula is C20H27NO4S. The monoisotopic (exact) mass is 377 g/mol. The van der Waals surface area contributed by atoms with E-state index in [1.54, 1.807) is 21.3 Å². The third-order valence-corrected chi connectivity index (χ3v) is 5.17. The van der Waals surface area contributed by atoms with Gasteiger partial charge in [-0.15, -0.1) is 11.3 Å². The summed E-state index contributed by atoms with van der Waals surface area (Å²) in [5.41, 5.74) is 0.881. The topological polar surface area (TPSA) is 48.0 Å². The van der Waals surface area contributed by atoms with Gasteiger partial charge in [0.2, 0.25) is 5.75 Å². The number of amides is 1. The molecule has 0 bridgehead atoms. The van der Waals surface area contributed by atoms with Crippen LogP contribution in [0, 0.1) is 0 Å². The second-order valence-corrected chi connectivity index (χ2v) is 6.92. The lowest BCUT2D eigenvalue weighted by molar-refractivity contribution is 0.0760. The zero-order valence-electron chi connectivity index (χ0n) is 16.1. The number of hydrogen-bond donors (Lipinski definition) is 0. The first-order chi connectivity index (χ1) is 12.6. The van der Waals surface area contributed by atoms with Crippen molar-refractivity contribution in [2.45, 2.75) is 26.7 Å². The quantitative estimate of drug-likeness (QED) is 0.635. The fourth-order valence-electron chi connectivity index (χ4n) is 2.90. The predicted octanol–water partition coefficient (Wildman–Crippen LogP) is 4.70. The molecule has 0 aliphatic rings. The van der Waals surface area contributed by atoms with Gasteiger partial charge in [-0.3, -0.25) is 4.79 Å². The fourth-order valence-corrected chi connectivity index (χ4v) is 3.90. The molecular weight excluding hydrogens is 350 g/mol. The van der Waals surface area contributed by atoms with Crippen LogP contribution in [0.4, 0.5) is 0 Å². The molecule has 0 N–H and O–H groups in total. The molecule has 1 amide bonds. The third-order valence-electron chi connectivity index (χ3n) is 4.06. The molecule has 26 heavy (non-hydrogen) atoms. The third kappa shape index (κ3) is 4.12. The molecule has 0 spiro atoms. The Morgan fingerprint density at radius 1 is 0.923 bits per heavy atom. The van der Waals surface area contributed by atoms with Gasteiger partial charge in [0.15, 0.2) is 11.5 Å². The van der Waals surface area contributed by atoms with Gasteiger partial charge in [0.05, 0.1) is 26.2 Å². The minimum atomic E-state index is 0.0874. The molecule has 0 atom stereocenters. The first-order valence-corrected chi connectivity index (χ1v) is 9.61. The van der Waals surface area contributed by atoms with Gasteiger partial charge in [-0.05, 0) is 37.1 Å². The number of carbonyl (C=O) groups is 1. The number of benzene rings is 1. The van der Waals surface area contributed by atoms with Gasteiger partial charge in [-0.1, -0.05) is 13.8 Å². The van der Waals surface area contributed by atoms with Crippen LogP contribution in [0.3, 0.4) is 0 Å². The maximum Gasteiger partial charge on any atom is 0.263 e. The van der Waals surface area contributed by atoms with E-state index >= 15 is 0 Å². The Morgan fingerprint density at radius 3 is 2.12 bits per heavy atom. The zero-order valence-corrected chi connectivity index (χ0v) is 16.9. The van der Waals surface area contributed by atoms with Crippen molar-refractivity contribution in [3.8, 4) is 27.7 Å². The molecule has 1 aromatic carbocycles. The molecule has 2 rings (SSSR count). The molecule has 142 valence electrons. The van der Waals surface area contributed by atoms with E-state index in [-0.39, 0.29) is 5.91 Å². The van der Waals surface area contributed by atoms with Gasteiger partial charge in [-0.2, -0.15) is 0 Å². The molecule has 6 heteroatoms. The first kappa shape index (κ1) is 20.1. The number of nitrogens with zero attached hydrogens (tertiary/aromatic N) is 1. The highest BCUT2D eigenvalue weighted by molar-refractivity contribution is 7.17. The lowest BCUT2D eigenvalue weighted by Gasteiger charge is -2.20. The van der Waals surface area contributed by atoms with Crippen LogP contribution in [0.5, 0.6) is 17.2 Å². The second kappa shape index (κ2) is 9.48. The van der Waals surface area contributed by atoms with Crippen molar-refractivity contribution >= 4 is 17.2 Å². The summed E-state index contributed by atoms with van der Waals surface area (Å²) in [6.07, 6.45) is 1.90. The Hall–Kier alpha value is -2.21. The normalized spacial score (nSPS) is 10.5. The van der Waals surface area contributed by atoms with Crippen LogP contribution in [0.15, 0.2) is 24.3 Å². The van der Waals surface area contributed by atoms with E-state index < -0.39 is 0 Å². The fraction of sp³-hybridized carbons (Fsp3) is 0.450. The molecule has 0 saturated heterocycles. The minimum Gasteiger partial charge on any atom is -0.493 e. The number of ether oxygens (including phenoxy) is 3. The van der Waals surface area contributed by atoms with Gasteiger partial charge in [-0.25, -0.2) is 0 Å². The van der Waals surface area contributed by atoms with Crippen molar-refractivity contribution in [2.24, 2.45) is 0 Å². The highest BCUT2D eigenvalue weighted by atomic mass is 32.1. The highest BCUT2D eigenvalue weighted by Crippen LogP contribution is 2.45. The molecule has 1 heterocycles. The molecule has 0 unspecified atom stereocenters. The number of carbonyl (C=O) groups excluding carboxylic acids is 1.